The molecular weight excluding hydrogens is 234 g/mol. The SMILES string of the molecule is Cl.Nc1cnn(C2CCCc3ccccc32)c1. The van der Waals surface area contributed by atoms with Crippen molar-refractivity contribution in [1.29, 1.82) is 0 Å². The summed E-state index contributed by atoms with van der Waals surface area (Å²) in [4.78, 5) is 0. The van der Waals surface area contributed by atoms with Crippen molar-refractivity contribution >= 4 is 18.1 Å². The standard InChI is InChI=1S/C13H15N3.ClH/c14-11-8-15-16(9-11)13-7-3-5-10-4-1-2-6-12(10)13;/h1-2,4,6,8-9,13H,3,5,7,14H2;1H. The predicted molar refractivity (Wildman–Crippen MR) is 71.4 cm³/mol. The molecule has 17 heavy (non-hydrogen) atoms. The Morgan fingerprint density at radius 3 is 2.88 bits per heavy atom. The molecule has 4 heteroatoms. The van der Waals surface area contributed by atoms with Crippen molar-refractivity contribution in [3.63, 3.8) is 0 Å². The van der Waals surface area contributed by atoms with E-state index in [1.54, 1.807) is 6.20 Å². The number of rotatable bonds is 1. The highest BCUT2D eigenvalue weighted by Crippen LogP contribution is 2.32. The maximum absolute atomic E-state index is 5.72. The molecule has 1 heterocycles. The zero-order valence-corrected chi connectivity index (χ0v) is 10.4. The molecule has 0 saturated carbocycles. The Morgan fingerprint density at radius 2 is 2.12 bits per heavy atom. The maximum Gasteiger partial charge on any atom is 0.0772 e. The van der Waals surface area contributed by atoms with Crippen LogP contribution in [0.4, 0.5) is 5.69 Å². The van der Waals surface area contributed by atoms with E-state index in [4.69, 9.17) is 5.73 Å². The summed E-state index contributed by atoms with van der Waals surface area (Å²) in [7, 11) is 0. The largest absolute Gasteiger partial charge is 0.396 e. The third-order valence-electron chi connectivity index (χ3n) is 3.28. The number of nitrogens with zero attached hydrogens (tertiary/aromatic N) is 2. The number of benzene rings is 1. The molecule has 1 aliphatic rings. The molecule has 0 amide bonds. The van der Waals surface area contributed by atoms with Crippen molar-refractivity contribution in [1.82, 2.24) is 9.78 Å². The fourth-order valence-electron chi connectivity index (χ4n) is 2.53. The number of nitrogen functional groups attached to an aromatic ring is 1. The van der Waals surface area contributed by atoms with Crippen molar-refractivity contribution in [2.75, 3.05) is 5.73 Å². The Bertz CT molecular complexity index is 507. The molecule has 1 aromatic heterocycles. The van der Waals surface area contributed by atoms with Gasteiger partial charge in [0.05, 0.1) is 17.9 Å². The van der Waals surface area contributed by atoms with E-state index in [2.05, 4.69) is 29.4 Å². The average molecular weight is 250 g/mol. The first-order valence-corrected chi connectivity index (χ1v) is 5.72. The van der Waals surface area contributed by atoms with Gasteiger partial charge in [0.25, 0.3) is 0 Å². The molecule has 2 N–H and O–H groups in total. The number of nitrogens with two attached hydrogens (primary N) is 1. The summed E-state index contributed by atoms with van der Waals surface area (Å²) >= 11 is 0. The zero-order valence-electron chi connectivity index (χ0n) is 9.54. The number of aryl methyl sites for hydroxylation is 1. The molecule has 90 valence electrons. The number of aromatic nitrogens is 2. The van der Waals surface area contributed by atoms with Gasteiger partial charge in [-0.1, -0.05) is 24.3 Å². The number of fused-ring (bicyclic) bond motifs is 1. The zero-order chi connectivity index (χ0) is 11.0. The molecule has 2 aromatic rings. The summed E-state index contributed by atoms with van der Waals surface area (Å²) in [5.74, 6) is 0. The van der Waals surface area contributed by atoms with Gasteiger partial charge < -0.3 is 5.73 Å². The third kappa shape index (κ3) is 2.15. The van der Waals surface area contributed by atoms with E-state index >= 15 is 0 Å². The summed E-state index contributed by atoms with van der Waals surface area (Å²) < 4.78 is 1.99. The fourth-order valence-corrected chi connectivity index (χ4v) is 2.53. The van der Waals surface area contributed by atoms with Crippen LogP contribution in [0.15, 0.2) is 36.7 Å². The lowest BCUT2D eigenvalue weighted by atomic mass is 9.88. The second-order valence-corrected chi connectivity index (χ2v) is 4.36. The van der Waals surface area contributed by atoms with Gasteiger partial charge in [-0.2, -0.15) is 5.10 Å². The molecule has 1 aliphatic carbocycles. The van der Waals surface area contributed by atoms with E-state index in [0.29, 0.717) is 6.04 Å². The maximum atomic E-state index is 5.72. The summed E-state index contributed by atoms with van der Waals surface area (Å²) in [6.07, 6.45) is 7.20. The van der Waals surface area contributed by atoms with Crippen LogP contribution >= 0.6 is 12.4 Å². The van der Waals surface area contributed by atoms with Crippen LogP contribution in [0.25, 0.3) is 0 Å². The van der Waals surface area contributed by atoms with Crippen LogP contribution in [0.5, 0.6) is 0 Å². The smallest absolute Gasteiger partial charge is 0.0772 e. The molecule has 1 unspecified atom stereocenters. The molecule has 0 fully saturated rings. The lowest BCUT2D eigenvalue weighted by Gasteiger charge is -2.25. The monoisotopic (exact) mass is 249 g/mol. The first-order valence-electron chi connectivity index (χ1n) is 5.72. The van der Waals surface area contributed by atoms with E-state index in [-0.39, 0.29) is 12.4 Å². The minimum absolute atomic E-state index is 0. The lowest BCUT2D eigenvalue weighted by molar-refractivity contribution is 0.451. The molecule has 3 rings (SSSR count). The molecular formula is C13H16ClN3. The molecule has 0 bridgehead atoms. The van der Waals surface area contributed by atoms with Crippen molar-refractivity contribution in [3.8, 4) is 0 Å². The summed E-state index contributed by atoms with van der Waals surface area (Å²) in [6, 6.07) is 9.00. The van der Waals surface area contributed by atoms with Gasteiger partial charge in [-0.05, 0) is 30.4 Å². The Hall–Kier alpha value is -1.48. The molecule has 1 aromatic carbocycles. The lowest BCUT2D eigenvalue weighted by Crippen LogP contribution is -2.17. The van der Waals surface area contributed by atoms with E-state index in [1.165, 1.54) is 24.0 Å². The topological polar surface area (TPSA) is 43.8 Å². The van der Waals surface area contributed by atoms with Crippen molar-refractivity contribution in [2.24, 2.45) is 0 Å². The Labute approximate surface area is 107 Å². The highest BCUT2D eigenvalue weighted by Gasteiger charge is 2.21. The van der Waals surface area contributed by atoms with Gasteiger partial charge in [0.2, 0.25) is 0 Å². The fraction of sp³-hybridized carbons (Fsp3) is 0.308. The number of hydrogen-bond acceptors (Lipinski definition) is 2. The van der Waals surface area contributed by atoms with E-state index in [9.17, 15) is 0 Å². The van der Waals surface area contributed by atoms with E-state index < -0.39 is 0 Å². The minimum atomic E-state index is 0. The molecule has 0 radical (unpaired) electrons. The van der Waals surface area contributed by atoms with Gasteiger partial charge in [0.1, 0.15) is 0 Å². The predicted octanol–water partition coefficient (Wildman–Crippen LogP) is 2.81. The van der Waals surface area contributed by atoms with Gasteiger partial charge in [-0.15, -0.1) is 12.4 Å². The van der Waals surface area contributed by atoms with E-state index in [1.807, 2.05) is 10.9 Å². The number of halogens is 1. The average Bonchev–Trinajstić information content (AvgIpc) is 2.75. The Kier molecular flexibility index (Phi) is 3.38. The van der Waals surface area contributed by atoms with Crippen LogP contribution in [-0.2, 0) is 6.42 Å². The summed E-state index contributed by atoms with van der Waals surface area (Å²) in [5.41, 5.74) is 9.31. The van der Waals surface area contributed by atoms with Gasteiger partial charge in [0.15, 0.2) is 0 Å². The number of anilines is 1. The van der Waals surface area contributed by atoms with Gasteiger partial charge >= 0.3 is 0 Å². The molecule has 1 atom stereocenters. The van der Waals surface area contributed by atoms with Crippen molar-refractivity contribution in [2.45, 2.75) is 25.3 Å². The van der Waals surface area contributed by atoms with Crippen LogP contribution in [-0.4, -0.2) is 9.78 Å². The highest BCUT2D eigenvalue weighted by molar-refractivity contribution is 5.85. The normalized spacial score (nSPS) is 18.2. The molecule has 0 saturated heterocycles. The van der Waals surface area contributed by atoms with Crippen LogP contribution in [0.2, 0.25) is 0 Å². The second kappa shape index (κ2) is 4.80. The van der Waals surface area contributed by atoms with Crippen LogP contribution in [0.3, 0.4) is 0 Å². The molecule has 0 aliphatic heterocycles. The van der Waals surface area contributed by atoms with Gasteiger partial charge in [-0.3, -0.25) is 4.68 Å². The highest BCUT2D eigenvalue weighted by atomic mass is 35.5. The van der Waals surface area contributed by atoms with Gasteiger partial charge in [-0.25, -0.2) is 0 Å². The summed E-state index contributed by atoms with van der Waals surface area (Å²) in [5, 5.41) is 4.33. The van der Waals surface area contributed by atoms with Gasteiger partial charge in [0, 0.05) is 6.20 Å². The second-order valence-electron chi connectivity index (χ2n) is 4.36. The Balaban J connectivity index is 0.00000108. The van der Waals surface area contributed by atoms with Crippen molar-refractivity contribution < 1.29 is 0 Å². The van der Waals surface area contributed by atoms with Crippen LogP contribution in [0.1, 0.15) is 30.0 Å². The van der Waals surface area contributed by atoms with Crippen LogP contribution < -0.4 is 5.73 Å². The quantitative estimate of drug-likeness (QED) is 0.845. The molecule has 3 nitrogen and oxygen atoms in total. The third-order valence-corrected chi connectivity index (χ3v) is 3.28. The minimum Gasteiger partial charge on any atom is -0.396 e. The Morgan fingerprint density at radius 1 is 1.29 bits per heavy atom. The van der Waals surface area contributed by atoms with E-state index in [0.717, 1.165) is 12.1 Å². The first-order chi connectivity index (χ1) is 7.84. The van der Waals surface area contributed by atoms with Crippen molar-refractivity contribution in [3.05, 3.63) is 47.8 Å². The molecule has 0 spiro atoms. The summed E-state index contributed by atoms with van der Waals surface area (Å²) in [6.45, 7) is 0. The first kappa shape index (κ1) is 12.0. The number of hydrogen-bond donors (Lipinski definition) is 1. The van der Waals surface area contributed by atoms with Crippen LogP contribution in [0, 0.1) is 0 Å².